The molecular formula is C14H20BrNO4. The van der Waals surface area contributed by atoms with Crippen LogP contribution in [-0.2, 0) is 9.53 Å². The maximum atomic E-state index is 12.1. The van der Waals surface area contributed by atoms with Gasteiger partial charge in [0.1, 0.15) is 6.04 Å². The van der Waals surface area contributed by atoms with Gasteiger partial charge in [0.25, 0.3) is 0 Å². The van der Waals surface area contributed by atoms with Crippen molar-refractivity contribution in [3.8, 4) is 11.5 Å². The van der Waals surface area contributed by atoms with Crippen LogP contribution in [0.5, 0.6) is 11.5 Å². The van der Waals surface area contributed by atoms with E-state index in [4.69, 9.17) is 14.2 Å². The third-order valence-electron chi connectivity index (χ3n) is 2.74. The zero-order chi connectivity index (χ0) is 15.1. The van der Waals surface area contributed by atoms with E-state index < -0.39 is 6.04 Å². The standard InChI is InChI=1S/C14H20BrNO4/c1-5-16-13(14(17)20-6-2)9-7-11(18-3)12(19-4)8-10(9)15/h7-8,13,16H,5-6H2,1-4H3. The minimum absolute atomic E-state index is 0.317. The summed E-state index contributed by atoms with van der Waals surface area (Å²) in [7, 11) is 3.12. The number of ether oxygens (including phenoxy) is 3. The van der Waals surface area contributed by atoms with Crippen LogP contribution >= 0.6 is 15.9 Å². The number of halogens is 1. The molecule has 112 valence electrons. The third kappa shape index (κ3) is 3.86. The Balaban J connectivity index is 3.22. The number of benzene rings is 1. The molecule has 0 fully saturated rings. The molecule has 0 aliphatic heterocycles. The predicted octanol–water partition coefficient (Wildman–Crippen LogP) is 2.68. The minimum atomic E-state index is -0.547. The zero-order valence-electron chi connectivity index (χ0n) is 12.2. The van der Waals surface area contributed by atoms with Crippen LogP contribution in [-0.4, -0.2) is 33.3 Å². The Labute approximate surface area is 127 Å². The van der Waals surface area contributed by atoms with Gasteiger partial charge in [-0.1, -0.05) is 22.9 Å². The molecule has 1 N–H and O–H groups in total. The molecule has 20 heavy (non-hydrogen) atoms. The van der Waals surface area contributed by atoms with Gasteiger partial charge in [-0.3, -0.25) is 0 Å². The predicted molar refractivity (Wildman–Crippen MR) is 80.3 cm³/mol. The van der Waals surface area contributed by atoms with E-state index in [0.717, 1.165) is 10.0 Å². The molecule has 5 nitrogen and oxygen atoms in total. The number of methoxy groups -OCH3 is 2. The molecule has 0 aliphatic rings. The van der Waals surface area contributed by atoms with Crippen LogP contribution in [0.4, 0.5) is 0 Å². The number of esters is 1. The number of nitrogens with one attached hydrogen (secondary N) is 1. The second-order valence-corrected chi connectivity index (χ2v) is 4.83. The van der Waals surface area contributed by atoms with Crippen LogP contribution in [0.25, 0.3) is 0 Å². The van der Waals surface area contributed by atoms with Crippen molar-refractivity contribution < 1.29 is 19.0 Å². The van der Waals surface area contributed by atoms with E-state index in [-0.39, 0.29) is 5.97 Å². The van der Waals surface area contributed by atoms with Crippen molar-refractivity contribution in [3.63, 3.8) is 0 Å². The molecule has 0 bridgehead atoms. The van der Waals surface area contributed by atoms with Gasteiger partial charge >= 0.3 is 5.97 Å². The van der Waals surface area contributed by atoms with E-state index in [1.54, 1.807) is 33.3 Å². The Bertz CT molecular complexity index is 465. The lowest BCUT2D eigenvalue weighted by molar-refractivity contribution is -0.145. The molecular weight excluding hydrogens is 326 g/mol. The highest BCUT2D eigenvalue weighted by atomic mass is 79.9. The van der Waals surface area contributed by atoms with Crippen molar-refractivity contribution in [2.24, 2.45) is 0 Å². The quantitative estimate of drug-likeness (QED) is 0.770. The fraction of sp³-hybridized carbons (Fsp3) is 0.500. The van der Waals surface area contributed by atoms with Crippen molar-refractivity contribution >= 4 is 21.9 Å². The molecule has 0 spiro atoms. The number of carbonyl (C=O) groups is 1. The van der Waals surface area contributed by atoms with Crippen LogP contribution < -0.4 is 14.8 Å². The van der Waals surface area contributed by atoms with E-state index in [9.17, 15) is 4.79 Å². The van der Waals surface area contributed by atoms with E-state index in [1.807, 2.05) is 6.92 Å². The molecule has 0 saturated heterocycles. The average Bonchev–Trinajstić information content (AvgIpc) is 2.45. The lowest BCUT2D eigenvalue weighted by Crippen LogP contribution is -2.30. The summed E-state index contributed by atoms with van der Waals surface area (Å²) < 4.78 is 16.4. The maximum Gasteiger partial charge on any atom is 0.327 e. The summed E-state index contributed by atoms with van der Waals surface area (Å²) in [5.41, 5.74) is 0.753. The van der Waals surface area contributed by atoms with E-state index in [0.29, 0.717) is 24.7 Å². The summed E-state index contributed by atoms with van der Waals surface area (Å²) >= 11 is 3.46. The monoisotopic (exact) mass is 345 g/mol. The molecule has 1 unspecified atom stereocenters. The lowest BCUT2D eigenvalue weighted by atomic mass is 10.1. The molecule has 1 aromatic carbocycles. The summed E-state index contributed by atoms with van der Waals surface area (Å²) in [5.74, 6) is 0.849. The normalized spacial score (nSPS) is 11.8. The van der Waals surface area contributed by atoms with Crippen LogP contribution in [0.2, 0.25) is 0 Å². The first-order chi connectivity index (χ1) is 9.58. The van der Waals surface area contributed by atoms with Crippen LogP contribution in [0.3, 0.4) is 0 Å². The number of rotatable bonds is 7. The van der Waals surface area contributed by atoms with Crippen LogP contribution in [0.1, 0.15) is 25.5 Å². The topological polar surface area (TPSA) is 56.8 Å². The molecule has 0 radical (unpaired) electrons. The van der Waals surface area contributed by atoms with Crippen molar-refractivity contribution in [1.29, 1.82) is 0 Å². The van der Waals surface area contributed by atoms with Gasteiger partial charge in [-0.2, -0.15) is 0 Å². The summed E-state index contributed by atoms with van der Waals surface area (Å²) in [5, 5.41) is 3.11. The van der Waals surface area contributed by atoms with E-state index in [2.05, 4.69) is 21.2 Å². The van der Waals surface area contributed by atoms with Crippen molar-refractivity contribution in [1.82, 2.24) is 5.32 Å². The number of hydrogen-bond acceptors (Lipinski definition) is 5. The van der Waals surface area contributed by atoms with E-state index >= 15 is 0 Å². The van der Waals surface area contributed by atoms with Gasteiger partial charge in [0, 0.05) is 4.47 Å². The first-order valence-corrected chi connectivity index (χ1v) is 7.19. The summed E-state index contributed by atoms with van der Waals surface area (Å²) in [4.78, 5) is 12.1. The molecule has 1 rings (SSSR count). The molecule has 0 aromatic heterocycles. The second kappa shape index (κ2) is 8.11. The Morgan fingerprint density at radius 2 is 1.85 bits per heavy atom. The number of likely N-dealkylation sites (N-methyl/N-ethyl adjacent to an activating group) is 1. The molecule has 0 amide bonds. The Hall–Kier alpha value is -1.27. The Kier molecular flexibility index (Phi) is 6.81. The highest BCUT2D eigenvalue weighted by molar-refractivity contribution is 9.10. The van der Waals surface area contributed by atoms with Gasteiger partial charge in [-0.05, 0) is 31.2 Å². The van der Waals surface area contributed by atoms with Gasteiger partial charge in [0.2, 0.25) is 0 Å². The fourth-order valence-corrected chi connectivity index (χ4v) is 2.39. The molecule has 1 atom stereocenters. The Morgan fingerprint density at radius 1 is 1.25 bits per heavy atom. The smallest absolute Gasteiger partial charge is 0.327 e. The first-order valence-electron chi connectivity index (χ1n) is 6.40. The third-order valence-corrected chi connectivity index (χ3v) is 3.43. The van der Waals surface area contributed by atoms with E-state index in [1.165, 1.54) is 0 Å². The van der Waals surface area contributed by atoms with Gasteiger partial charge < -0.3 is 19.5 Å². The lowest BCUT2D eigenvalue weighted by Gasteiger charge is -2.20. The zero-order valence-corrected chi connectivity index (χ0v) is 13.7. The molecule has 6 heteroatoms. The van der Waals surface area contributed by atoms with Gasteiger partial charge in [-0.15, -0.1) is 0 Å². The summed E-state index contributed by atoms with van der Waals surface area (Å²) in [6.45, 7) is 4.70. The van der Waals surface area contributed by atoms with Crippen molar-refractivity contribution in [3.05, 3.63) is 22.2 Å². The number of carbonyl (C=O) groups excluding carboxylic acids is 1. The highest BCUT2D eigenvalue weighted by Gasteiger charge is 2.25. The molecule has 1 aromatic rings. The van der Waals surface area contributed by atoms with Crippen molar-refractivity contribution in [2.75, 3.05) is 27.4 Å². The maximum absolute atomic E-state index is 12.1. The van der Waals surface area contributed by atoms with Crippen molar-refractivity contribution in [2.45, 2.75) is 19.9 Å². The molecule has 0 saturated carbocycles. The average molecular weight is 346 g/mol. The van der Waals surface area contributed by atoms with Gasteiger partial charge in [-0.25, -0.2) is 4.79 Å². The highest BCUT2D eigenvalue weighted by Crippen LogP contribution is 2.36. The number of hydrogen-bond donors (Lipinski definition) is 1. The van der Waals surface area contributed by atoms with Crippen LogP contribution in [0, 0.1) is 0 Å². The minimum Gasteiger partial charge on any atom is -0.493 e. The van der Waals surface area contributed by atoms with Gasteiger partial charge in [0.05, 0.1) is 20.8 Å². The largest absolute Gasteiger partial charge is 0.493 e. The Morgan fingerprint density at radius 3 is 2.35 bits per heavy atom. The molecule has 0 heterocycles. The second-order valence-electron chi connectivity index (χ2n) is 3.97. The fourth-order valence-electron chi connectivity index (χ4n) is 1.84. The summed E-state index contributed by atoms with van der Waals surface area (Å²) in [6, 6.07) is 3.00. The summed E-state index contributed by atoms with van der Waals surface area (Å²) in [6.07, 6.45) is 0. The first kappa shape index (κ1) is 16.8. The molecule has 0 aliphatic carbocycles. The van der Waals surface area contributed by atoms with Crippen LogP contribution in [0.15, 0.2) is 16.6 Å². The SMILES string of the molecule is CCNC(C(=O)OCC)c1cc(OC)c(OC)cc1Br. The van der Waals surface area contributed by atoms with Gasteiger partial charge in [0.15, 0.2) is 11.5 Å².